The summed E-state index contributed by atoms with van der Waals surface area (Å²) >= 11 is 0. The lowest BCUT2D eigenvalue weighted by atomic mass is 10.1. The average molecular weight is 227 g/mol. The zero-order valence-electron chi connectivity index (χ0n) is 9.93. The number of hydrogen-bond acceptors (Lipinski definition) is 2. The highest BCUT2D eigenvalue weighted by Crippen LogP contribution is 2.28. The molecule has 0 heterocycles. The molecule has 2 nitrogen and oxygen atoms in total. The van der Waals surface area contributed by atoms with Crippen LogP contribution < -0.4 is 0 Å². The largest absolute Gasteiger partial charge is 0.406 e. The van der Waals surface area contributed by atoms with Gasteiger partial charge in [0, 0.05) is 19.2 Å². The second kappa shape index (κ2) is 5.70. The van der Waals surface area contributed by atoms with E-state index in [0.717, 1.165) is 0 Å². The minimum Gasteiger partial charge on any atom is -0.383 e. The molecule has 15 heavy (non-hydrogen) atoms. The van der Waals surface area contributed by atoms with E-state index in [1.807, 2.05) is 0 Å². The predicted octanol–water partition coefficient (Wildman–Crippen LogP) is 2.68. The van der Waals surface area contributed by atoms with Crippen LogP contribution >= 0.6 is 0 Å². The molecule has 0 aromatic rings. The van der Waals surface area contributed by atoms with E-state index in [1.54, 1.807) is 27.7 Å². The molecule has 0 fully saturated rings. The number of alkyl halides is 3. The SMILES string of the molecule is COCC(N(C(C)C)C(C)C)C(F)(F)F. The number of rotatable bonds is 5. The van der Waals surface area contributed by atoms with Crippen molar-refractivity contribution in [3.63, 3.8) is 0 Å². The van der Waals surface area contributed by atoms with Gasteiger partial charge in [-0.3, -0.25) is 4.90 Å². The lowest BCUT2D eigenvalue weighted by molar-refractivity contribution is -0.204. The first-order chi connectivity index (χ1) is 6.71. The highest BCUT2D eigenvalue weighted by atomic mass is 19.4. The maximum atomic E-state index is 12.8. The smallest absolute Gasteiger partial charge is 0.383 e. The zero-order valence-corrected chi connectivity index (χ0v) is 9.93. The number of nitrogens with zero attached hydrogens (tertiary/aromatic N) is 1. The summed E-state index contributed by atoms with van der Waals surface area (Å²) in [6, 6.07) is -1.85. The van der Waals surface area contributed by atoms with E-state index >= 15 is 0 Å². The van der Waals surface area contributed by atoms with Crippen molar-refractivity contribution < 1.29 is 17.9 Å². The molecule has 1 unspecified atom stereocenters. The molecule has 0 spiro atoms. The van der Waals surface area contributed by atoms with Gasteiger partial charge >= 0.3 is 6.18 Å². The quantitative estimate of drug-likeness (QED) is 0.716. The van der Waals surface area contributed by atoms with Gasteiger partial charge in [-0.2, -0.15) is 13.2 Å². The van der Waals surface area contributed by atoms with Gasteiger partial charge in [0.15, 0.2) is 0 Å². The molecule has 1 atom stereocenters. The van der Waals surface area contributed by atoms with Gasteiger partial charge in [0.1, 0.15) is 6.04 Å². The number of halogens is 3. The van der Waals surface area contributed by atoms with Crippen molar-refractivity contribution in [2.45, 2.75) is 52.0 Å². The summed E-state index contributed by atoms with van der Waals surface area (Å²) in [6.07, 6.45) is -4.25. The second-order valence-corrected chi connectivity index (χ2v) is 4.15. The van der Waals surface area contributed by atoms with Crippen molar-refractivity contribution in [3.8, 4) is 0 Å². The summed E-state index contributed by atoms with van der Waals surface area (Å²) in [5.41, 5.74) is 0. The lowest BCUT2D eigenvalue weighted by Crippen LogP contribution is -2.54. The third kappa shape index (κ3) is 4.38. The molecular formula is C10H20F3NO. The minimum absolute atomic E-state index is 0.160. The number of ether oxygens (including phenoxy) is 1. The van der Waals surface area contributed by atoms with Gasteiger partial charge in [0.05, 0.1) is 6.61 Å². The van der Waals surface area contributed by atoms with Crippen molar-refractivity contribution in [1.29, 1.82) is 0 Å². The highest BCUT2D eigenvalue weighted by Gasteiger charge is 2.45. The fraction of sp³-hybridized carbons (Fsp3) is 1.00. The minimum atomic E-state index is -4.25. The van der Waals surface area contributed by atoms with Crippen LogP contribution in [0.1, 0.15) is 27.7 Å². The maximum Gasteiger partial charge on any atom is 0.406 e. The van der Waals surface area contributed by atoms with Gasteiger partial charge in [-0.25, -0.2) is 0 Å². The van der Waals surface area contributed by atoms with Crippen LogP contribution in [-0.4, -0.2) is 42.9 Å². The molecule has 0 saturated heterocycles. The highest BCUT2D eigenvalue weighted by molar-refractivity contribution is 4.83. The summed E-state index contributed by atoms with van der Waals surface area (Å²) in [5, 5.41) is 0. The van der Waals surface area contributed by atoms with Crippen LogP contribution in [0.4, 0.5) is 13.2 Å². The van der Waals surface area contributed by atoms with Crippen LogP contribution in [0.5, 0.6) is 0 Å². The molecular weight excluding hydrogens is 207 g/mol. The van der Waals surface area contributed by atoms with Crippen molar-refractivity contribution in [2.75, 3.05) is 13.7 Å². The predicted molar refractivity (Wildman–Crippen MR) is 53.8 cm³/mol. The van der Waals surface area contributed by atoms with E-state index in [1.165, 1.54) is 12.0 Å². The first-order valence-corrected chi connectivity index (χ1v) is 5.04. The van der Waals surface area contributed by atoms with Gasteiger partial charge in [-0.15, -0.1) is 0 Å². The molecule has 0 radical (unpaired) electrons. The number of hydrogen-bond donors (Lipinski definition) is 0. The van der Waals surface area contributed by atoms with E-state index in [2.05, 4.69) is 4.74 Å². The van der Waals surface area contributed by atoms with Gasteiger partial charge < -0.3 is 4.74 Å². The summed E-state index contributed by atoms with van der Waals surface area (Å²) in [6.45, 7) is 6.71. The fourth-order valence-corrected chi connectivity index (χ4v) is 1.82. The van der Waals surface area contributed by atoms with E-state index in [0.29, 0.717) is 0 Å². The molecule has 0 aliphatic heterocycles. The van der Waals surface area contributed by atoms with E-state index in [-0.39, 0.29) is 18.7 Å². The molecule has 0 saturated carbocycles. The Morgan fingerprint density at radius 2 is 1.47 bits per heavy atom. The fourth-order valence-electron chi connectivity index (χ4n) is 1.82. The van der Waals surface area contributed by atoms with Crippen LogP contribution in [0, 0.1) is 0 Å². The van der Waals surface area contributed by atoms with Crippen molar-refractivity contribution >= 4 is 0 Å². The Hall–Kier alpha value is -0.290. The van der Waals surface area contributed by atoms with E-state index in [4.69, 9.17) is 0 Å². The zero-order chi connectivity index (χ0) is 12.2. The Morgan fingerprint density at radius 3 is 1.67 bits per heavy atom. The molecule has 0 amide bonds. The molecule has 0 bridgehead atoms. The van der Waals surface area contributed by atoms with E-state index in [9.17, 15) is 13.2 Å². The Morgan fingerprint density at radius 1 is 1.07 bits per heavy atom. The molecule has 0 rings (SSSR count). The first kappa shape index (κ1) is 14.7. The Bertz CT molecular complexity index is 172. The topological polar surface area (TPSA) is 12.5 Å². The summed E-state index contributed by atoms with van der Waals surface area (Å²) < 4.78 is 42.9. The van der Waals surface area contributed by atoms with Crippen molar-refractivity contribution in [1.82, 2.24) is 4.90 Å². The normalized spacial score (nSPS) is 15.4. The number of methoxy groups -OCH3 is 1. The first-order valence-electron chi connectivity index (χ1n) is 5.04. The third-order valence-corrected chi connectivity index (χ3v) is 2.25. The van der Waals surface area contributed by atoms with Gasteiger partial charge in [-0.05, 0) is 27.7 Å². The molecule has 0 aromatic carbocycles. The Labute approximate surface area is 89.4 Å². The van der Waals surface area contributed by atoms with Crippen molar-refractivity contribution in [3.05, 3.63) is 0 Å². The van der Waals surface area contributed by atoms with Gasteiger partial charge in [-0.1, -0.05) is 0 Å². The Balaban J connectivity index is 4.84. The average Bonchev–Trinajstić information content (AvgIpc) is 2.00. The molecule has 5 heteroatoms. The summed E-state index contributed by atoms with van der Waals surface area (Å²) in [7, 11) is 1.29. The molecule has 0 aromatic heterocycles. The molecule has 0 aliphatic carbocycles. The maximum absolute atomic E-state index is 12.8. The molecule has 0 aliphatic rings. The molecule has 0 N–H and O–H groups in total. The van der Waals surface area contributed by atoms with Crippen LogP contribution in [0.3, 0.4) is 0 Å². The van der Waals surface area contributed by atoms with Crippen molar-refractivity contribution in [2.24, 2.45) is 0 Å². The summed E-state index contributed by atoms with van der Waals surface area (Å²) in [4.78, 5) is 1.42. The van der Waals surface area contributed by atoms with Crippen LogP contribution in [0.15, 0.2) is 0 Å². The standard InChI is InChI=1S/C10H20F3NO/c1-7(2)14(8(3)4)9(6-15-5)10(11,12)13/h7-9H,6H2,1-5H3. The van der Waals surface area contributed by atoms with Gasteiger partial charge in [0.2, 0.25) is 0 Å². The monoisotopic (exact) mass is 227 g/mol. The lowest BCUT2D eigenvalue weighted by Gasteiger charge is -2.38. The second-order valence-electron chi connectivity index (χ2n) is 4.15. The summed E-state index contributed by atoms with van der Waals surface area (Å²) in [5.74, 6) is 0. The Kier molecular flexibility index (Phi) is 5.59. The van der Waals surface area contributed by atoms with Crippen LogP contribution in [0.25, 0.3) is 0 Å². The van der Waals surface area contributed by atoms with Gasteiger partial charge in [0.25, 0.3) is 0 Å². The van der Waals surface area contributed by atoms with Crippen LogP contribution in [-0.2, 0) is 4.74 Å². The van der Waals surface area contributed by atoms with E-state index < -0.39 is 12.2 Å². The molecule has 92 valence electrons. The van der Waals surface area contributed by atoms with Crippen LogP contribution in [0.2, 0.25) is 0 Å². The third-order valence-electron chi connectivity index (χ3n) is 2.25.